The number of sulfonamides is 1. The van der Waals surface area contributed by atoms with Crippen LogP contribution in [0, 0.1) is 6.92 Å². The first-order valence-electron chi connectivity index (χ1n) is 7.23. The Hall–Kier alpha value is -0.833. The zero-order valence-electron chi connectivity index (χ0n) is 14.4. The Morgan fingerprint density at radius 1 is 1.23 bits per heavy atom. The monoisotopic (exact) mass is 345 g/mol. The van der Waals surface area contributed by atoms with Crippen molar-refractivity contribution in [2.45, 2.75) is 64.1 Å². The highest BCUT2D eigenvalue weighted by Crippen LogP contribution is 2.40. The molecule has 126 valence electrons. The summed E-state index contributed by atoms with van der Waals surface area (Å²) in [4.78, 5) is 8.49. The second-order valence-electron chi connectivity index (χ2n) is 7.18. The molecule has 0 spiro atoms. The van der Waals surface area contributed by atoms with E-state index in [9.17, 15) is 8.42 Å². The average Bonchev–Trinajstić information content (AvgIpc) is 2.34. The van der Waals surface area contributed by atoms with E-state index in [1.165, 1.54) is 0 Å². The fourth-order valence-electron chi connectivity index (χ4n) is 1.61. The molecule has 0 saturated heterocycles. The molecule has 0 fully saturated rings. The van der Waals surface area contributed by atoms with Crippen molar-refractivity contribution >= 4 is 18.3 Å². The molecule has 22 heavy (non-hydrogen) atoms. The van der Waals surface area contributed by atoms with Crippen LogP contribution in [0.3, 0.4) is 0 Å². The van der Waals surface area contributed by atoms with Crippen molar-refractivity contribution in [3.05, 3.63) is 23.8 Å². The molecule has 0 aliphatic heterocycles. The number of aryl methyl sites for hydroxylation is 1. The van der Waals surface area contributed by atoms with Crippen molar-refractivity contribution in [2.24, 2.45) is 5.14 Å². The van der Waals surface area contributed by atoms with Gasteiger partial charge in [0.25, 0.3) is 0 Å². The number of primary sulfonamides is 1. The fraction of sp³-hybridized carbons (Fsp3) is 0.714. The van der Waals surface area contributed by atoms with Gasteiger partial charge in [0.2, 0.25) is 10.0 Å². The molecule has 6 nitrogen and oxygen atoms in total. The van der Waals surface area contributed by atoms with E-state index in [0.29, 0.717) is 5.69 Å². The molecule has 0 radical (unpaired) electrons. The number of hydrogen-bond donors (Lipinski definition) is 1. The van der Waals surface area contributed by atoms with E-state index in [0.717, 1.165) is 5.69 Å². The summed E-state index contributed by atoms with van der Waals surface area (Å²) >= 11 is 0. The van der Waals surface area contributed by atoms with Gasteiger partial charge in [-0.2, -0.15) is 0 Å². The van der Waals surface area contributed by atoms with Crippen molar-refractivity contribution in [3.63, 3.8) is 0 Å². The van der Waals surface area contributed by atoms with E-state index in [2.05, 4.69) is 43.8 Å². The number of hydrogen-bond acceptors (Lipinski definition) is 5. The van der Waals surface area contributed by atoms with Crippen LogP contribution in [-0.4, -0.2) is 32.0 Å². The molecule has 0 unspecified atom stereocenters. The maximum absolute atomic E-state index is 11.8. The van der Waals surface area contributed by atoms with Crippen molar-refractivity contribution in [3.8, 4) is 0 Å². The lowest BCUT2D eigenvalue weighted by atomic mass is 10.2. The predicted octanol–water partition coefficient (Wildman–Crippen LogP) is 2.52. The molecule has 1 rings (SSSR count). The van der Waals surface area contributed by atoms with Gasteiger partial charge < -0.3 is 4.43 Å². The van der Waals surface area contributed by atoms with Crippen molar-refractivity contribution in [2.75, 3.05) is 0 Å². The van der Waals surface area contributed by atoms with Gasteiger partial charge >= 0.3 is 0 Å². The second-order valence-corrected chi connectivity index (χ2v) is 13.9. The Kier molecular flexibility index (Phi) is 5.54. The van der Waals surface area contributed by atoms with Crippen molar-refractivity contribution in [1.82, 2.24) is 9.97 Å². The van der Waals surface area contributed by atoms with Gasteiger partial charge in [-0.1, -0.05) is 20.8 Å². The zero-order valence-corrected chi connectivity index (χ0v) is 16.2. The van der Waals surface area contributed by atoms with Gasteiger partial charge in [0, 0.05) is 6.20 Å². The highest BCUT2D eigenvalue weighted by molar-refractivity contribution is 7.89. The molecule has 2 N–H and O–H groups in total. The third-order valence-corrected chi connectivity index (χ3v) is 10.0. The normalized spacial score (nSPS) is 16.4. The highest BCUT2D eigenvalue weighted by Gasteiger charge is 2.42. The topological polar surface area (TPSA) is 95.2 Å². The lowest BCUT2D eigenvalue weighted by Gasteiger charge is -2.40. The summed E-state index contributed by atoms with van der Waals surface area (Å²) in [6.45, 7) is 13.8. The molecule has 0 aliphatic rings. The maximum atomic E-state index is 11.8. The van der Waals surface area contributed by atoms with Crippen molar-refractivity contribution < 1.29 is 12.8 Å². The summed E-state index contributed by atoms with van der Waals surface area (Å²) in [5.74, 6) is 0. The Bertz CT molecular complexity index is 609. The van der Waals surface area contributed by atoms with Gasteiger partial charge in [0.1, 0.15) is 11.4 Å². The summed E-state index contributed by atoms with van der Waals surface area (Å²) in [6.07, 6.45) is 2.45. The van der Waals surface area contributed by atoms with Crippen molar-refractivity contribution in [1.29, 1.82) is 0 Å². The molecule has 1 heterocycles. The SMILES string of the molecule is Cc1cnc([C@H](O[Si](C)(C)C(C)(C)C)[C@H](C)S(N)(=O)=O)cn1. The number of aromatic nitrogens is 2. The third-order valence-electron chi connectivity index (χ3n) is 4.26. The van der Waals surface area contributed by atoms with Crippen LogP contribution in [0.5, 0.6) is 0 Å². The lowest BCUT2D eigenvalue weighted by Crippen LogP contribution is -2.45. The molecular weight excluding hydrogens is 318 g/mol. The Balaban J connectivity index is 3.27. The summed E-state index contributed by atoms with van der Waals surface area (Å²) in [5, 5.41) is 4.39. The first kappa shape index (κ1) is 19.2. The smallest absolute Gasteiger partial charge is 0.214 e. The van der Waals surface area contributed by atoms with Gasteiger partial charge in [-0.05, 0) is 32.0 Å². The van der Waals surface area contributed by atoms with Crippen LogP contribution in [0.2, 0.25) is 18.1 Å². The minimum Gasteiger partial charge on any atom is -0.407 e. The van der Waals surface area contributed by atoms with Crippen LogP contribution in [0.25, 0.3) is 0 Å². The van der Waals surface area contributed by atoms with Crippen LogP contribution < -0.4 is 5.14 Å². The largest absolute Gasteiger partial charge is 0.407 e. The molecule has 0 saturated carbocycles. The minimum atomic E-state index is -3.75. The standard InChI is InChI=1S/C14H27N3O3SSi/c1-10-8-17-12(9-16-10)13(11(2)21(15,18)19)20-22(6,7)14(3,4)5/h8-9,11,13H,1-7H3,(H2,15,18,19)/t11-,13+/m0/s1. The van der Waals surface area contributed by atoms with Gasteiger partial charge in [0.15, 0.2) is 8.32 Å². The summed E-state index contributed by atoms with van der Waals surface area (Å²) in [6, 6.07) is 0. The Morgan fingerprint density at radius 2 is 1.77 bits per heavy atom. The fourth-order valence-corrected chi connectivity index (χ4v) is 3.56. The first-order chi connectivity index (χ1) is 9.75. The lowest BCUT2D eigenvalue weighted by molar-refractivity contribution is 0.176. The molecule has 0 aromatic carbocycles. The Labute approximate surface area is 134 Å². The summed E-state index contributed by atoms with van der Waals surface area (Å²) in [5.41, 5.74) is 1.26. The quantitative estimate of drug-likeness (QED) is 0.827. The molecular formula is C14H27N3O3SSi. The third kappa shape index (κ3) is 4.58. The minimum absolute atomic E-state index is 0.0541. The van der Waals surface area contributed by atoms with Gasteiger partial charge in [-0.25, -0.2) is 13.6 Å². The van der Waals surface area contributed by atoms with E-state index in [-0.39, 0.29) is 5.04 Å². The molecule has 1 aromatic heterocycles. The van der Waals surface area contributed by atoms with Gasteiger partial charge in [-0.3, -0.25) is 9.97 Å². The van der Waals surface area contributed by atoms with Gasteiger partial charge in [-0.15, -0.1) is 0 Å². The van der Waals surface area contributed by atoms with Crippen LogP contribution in [0.1, 0.15) is 45.2 Å². The molecule has 2 atom stereocenters. The molecule has 0 amide bonds. The molecule has 1 aromatic rings. The Morgan fingerprint density at radius 3 is 2.14 bits per heavy atom. The molecule has 0 bridgehead atoms. The van der Waals surface area contributed by atoms with E-state index in [1.807, 2.05) is 6.92 Å². The molecule has 8 heteroatoms. The number of nitrogens with zero attached hydrogens (tertiary/aromatic N) is 2. The zero-order chi connectivity index (χ0) is 17.3. The average molecular weight is 346 g/mol. The van der Waals surface area contributed by atoms with Crippen LogP contribution >= 0.6 is 0 Å². The van der Waals surface area contributed by atoms with E-state index in [1.54, 1.807) is 19.3 Å². The first-order valence-corrected chi connectivity index (χ1v) is 11.8. The second kappa shape index (κ2) is 6.35. The van der Waals surface area contributed by atoms with Crippen LogP contribution in [-0.2, 0) is 14.4 Å². The van der Waals surface area contributed by atoms with Crippen LogP contribution in [0.15, 0.2) is 12.4 Å². The van der Waals surface area contributed by atoms with Crippen LogP contribution in [0.4, 0.5) is 0 Å². The van der Waals surface area contributed by atoms with Gasteiger partial charge in [0.05, 0.1) is 17.6 Å². The molecule has 0 aliphatic carbocycles. The predicted molar refractivity (Wildman–Crippen MR) is 90.4 cm³/mol. The van der Waals surface area contributed by atoms with E-state index >= 15 is 0 Å². The summed E-state index contributed by atoms with van der Waals surface area (Å²) in [7, 11) is -5.94. The summed E-state index contributed by atoms with van der Waals surface area (Å²) < 4.78 is 29.9. The number of nitrogens with two attached hydrogens (primary N) is 1. The maximum Gasteiger partial charge on any atom is 0.214 e. The number of rotatable bonds is 5. The van der Waals surface area contributed by atoms with E-state index in [4.69, 9.17) is 9.56 Å². The van der Waals surface area contributed by atoms with E-state index < -0.39 is 29.7 Å². The highest BCUT2D eigenvalue weighted by atomic mass is 32.2.